The number of aryl methyl sites for hydroxylation is 1. The number of rotatable bonds is 4. The van der Waals surface area contributed by atoms with Crippen LogP contribution in [0.15, 0.2) is 24.4 Å². The summed E-state index contributed by atoms with van der Waals surface area (Å²) in [6.07, 6.45) is 1.31. The summed E-state index contributed by atoms with van der Waals surface area (Å²) >= 11 is 5.88. The summed E-state index contributed by atoms with van der Waals surface area (Å²) in [4.78, 5) is 18.1. The molecule has 0 saturated carbocycles. The summed E-state index contributed by atoms with van der Waals surface area (Å²) in [6, 6.07) is 4.45. The van der Waals surface area contributed by atoms with Crippen molar-refractivity contribution in [2.75, 3.05) is 5.43 Å². The second kappa shape index (κ2) is 5.68. The first-order valence-corrected chi connectivity index (χ1v) is 5.81. The molecule has 0 spiro atoms. The first kappa shape index (κ1) is 14.0. The number of halogens is 1. The highest BCUT2D eigenvalue weighted by atomic mass is 35.5. The Balaban J connectivity index is 2.35. The van der Waals surface area contributed by atoms with Gasteiger partial charge in [0.05, 0.1) is 17.2 Å². The summed E-state index contributed by atoms with van der Waals surface area (Å²) < 4.78 is 5.41. The van der Waals surface area contributed by atoms with Crippen LogP contribution in [0.4, 0.5) is 11.6 Å². The van der Waals surface area contributed by atoms with Crippen molar-refractivity contribution >= 4 is 23.2 Å². The molecule has 104 valence electrons. The third-order valence-corrected chi connectivity index (χ3v) is 2.69. The Bertz CT molecular complexity index is 665. The maximum absolute atomic E-state index is 10.9. The molecule has 1 aromatic heterocycles. The fraction of sp³-hybridized carbons (Fsp3) is 0.0909. The highest BCUT2D eigenvalue weighted by Crippen LogP contribution is 2.30. The quantitative estimate of drug-likeness (QED) is 0.505. The SMILES string of the molecule is Cc1ccc(Oc2nc(NN)ncc2Cl)cc1[N+](=O)[O-]. The minimum atomic E-state index is -0.489. The number of hydrazine groups is 1. The molecular weight excluding hydrogens is 286 g/mol. The number of anilines is 1. The fourth-order valence-corrected chi connectivity index (χ4v) is 1.58. The molecule has 0 radical (unpaired) electrons. The average molecular weight is 296 g/mol. The molecule has 1 aromatic carbocycles. The smallest absolute Gasteiger partial charge is 0.276 e. The second-order valence-corrected chi connectivity index (χ2v) is 4.21. The zero-order valence-electron chi connectivity index (χ0n) is 10.3. The third-order valence-electron chi connectivity index (χ3n) is 2.43. The van der Waals surface area contributed by atoms with Gasteiger partial charge in [-0.15, -0.1) is 0 Å². The molecule has 0 saturated heterocycles. The van der Waals surface area contributed by atoms with Gasteiger partial charge in [-0.25, -0.2) is 10.8 Å². The number of benzene rings is 1. The van der Waals surface area contributed by atoms with Gasteiger partial charge in [0.25, 0.3) is 5.69 Å². The molecule has 0 bridgehead atoms. The van der Waals surface area contributed by atoms with Crippen LogP contribution in [0.25, 0.3) is 0 Å². The summed E-state index contributed by atoms with van der Waals surface area (Å²) in [5, 5.41) is 11.0. The van der Waals surface area contributed by atoms with Crippen LogP contribution in [-0.4, -0.2) is 14.9 Å². The topological polar surface area (TPSA) is 116 Å². The Hall–Kier alpha value is -2.45. The van der Waals surface area contributed by atoms with Gasteiger partial charge in [0.2, 0.25) is 11.8 Å². The molecule has 2 aromatic rings. The Kier molecular flexibility index (Phi) is 3.97. The number of aromatic nitrogens is 2. The number of nitrogen functional groups attached to an aromatic ring is 1. The van der Waals surface area contributed by atoms with Crippen LogP contribution in [-0.2, 0) is 0 Å². The molecule has 20 heavy (non-hydrogen) atoms. The maximum atomic E-state index is 10.9. The van der Waals surface area contributed by atoms with E-state index in [1.807, 2.05) is 0 Å². The van der Waals surface area contributed by atoms with Crippen LogP contribution >= 0.6 is 11.6 Å². The van der Waals surface area contributed by atoms with E-state index in [2.05, 4.69) is 15.4 Å². The van der Waals surface area contributed by atoms with Crippen LogP contribution in [0.3, 0.4) is 0 Å². The number of nitrogens with two attached hydrogens (primary N) is 1. The van der Waals surface area contributed by atoms with Gasteiger partial charge in [-0.05, 0) is 19.1 Å². The van der Waals surface area contributed by atoms with E-state index in [-0.39, 0.29) is 28.3 Å². The average Bonchev–Trinajstić information content (AvgIpc) is 2.43. The molecule has 8 nitrogen and oxygen atoms in total. The zero-order chi connectivity index (χ0) is 14.7. The van der Waals surface area contributed by atoms with Crippen molar-refractivity contribution in [1.82, 2.24) is 9.97 Å². The van der Waals surface area contributed by atoms with E-state index >= 15 is 0 Å². The van der Waals surface area contributed by atoms with E-state index in [1.165, 1.54) is 12.3 Å². The van der Waals surface area contributed by atoms with E-state index in [9.17, 15) is 10.1 Å². The molecule has 2 rings (SSSR count). The largest absolute Gasteiger partial charge is 0.437 e. The van der Waals surface area contributed by atoms with Crippen LogP contribution in [0.1, 0.15) is 5.56 Å². The molecule has 0 aliphatic rings. The van der Waals surface area contributed by atoms with Crippen molar-refractivity contribution in [3.63, 3.8) is 0 Å². The summed E-state index contributed by atoms with van der Waals surface area (Å²) in [6.45, 7) is 1.63. The highest BCUT2D eigenvalue weighted by molar-refractivity contribution is 6.31. The summed E-state index contributed by atoms with van der Waals surface area (Å²) in [5.41, 5.74) is 2.73. The standard InChI is InChI=1S/C11H10ClN5O3/c1-6-2-3-7(4-9(6)17(18)19)20-10-8(12)5-14-11(15-10)16-13/h2-5H,13H2,1H3,(H,14,15,16). The number of nitro benzene ring substituents is 1. The van der Waals surface area contributed by atoms with Crippen molar-refractivity contribution < 1.29 is 9.66 Å². The van der Waals surface area contributed by atoms with Gasteiger partial charge in [-0.2, -0.15) is 4.98 Å². The molecule has 0 aliphatic carbocycles. The zero-order valence-corrected chi connectivity index (χ0v) is 11.1. The van der Waals surface area contributed by atoms with Gasteiger partial charge >= 0.3 is 0 Å². The van der Waals surface area contributed by atoms with Crippen molar-refractivity contribution in [2.45, 2.75) is 6.92 Å². The number of nitrogens with one attached hydrogen (secondary N) is 1. The molecule has 0 unspecified atom stereocenters. The van der Waals surface area contributed by atoms with Gasteiger partial charge in [0.1, 0.15) is 10.8 Å². The molecule has 0 aliphatic heterocycles. The van der Waals surface area contributed by atoms with E-state index in [0.717, 1.165) is 0 Å². The van der Waals surface area contributed by atoms with Crippen LogP contribution in [0.2, 0.25) is 5.02 Å². The predicted octanol–water partition coefficient (Wildman–Crippen LogP) is 2.42. The van der Waals surface area contributed by atoms with Crippen LogP contribution in [0, 0.1) is 17.0 Å². The van der Waals surface area contributed by atoms with Crippen molar-refractivity contribution in [3.05, 3.63) is 45.1 Å². The predicted molar refractivity (Wildman–Crippen MR) is 72.8 cm³/mol. The number of hydrogen-bond acceptors (Lipinski definition) is 7. The normalized spacial score (nSPS) is 10.2. The monoisotopic (exact) mass is 295 g/mol. The maximum Gasteiger partial charge on any atom is 0.276 e. The first-order valence-electron chi connectivity index (χ1n) is 5.43. The fourth-order valence-electron chi connectivity index (χ4n) is 1.45. The van der Waals surface area contributed by atoms with Gasteiger partial charge in [0, 0.05) is 5.56 Å². The summed E-state index contributed by atoms with van der Waals surface area (Å²) in [5.74, 6) is 5.59. The van der Waals surface area contributed by atoms with Crippen molar-refractivity contribution in [2.24, 2.45) is 5.84 Å². The lowest BCUT2D eigenvalue weighted by molar-refractivity contribution is -0.385. The van der Waals surface area contributed by atoms with Gasteiger partial charge < -0.3 is 4.74 Å². The lowest BCUT2D eigenvalue weighted by Gasteiger charge is -2.08. The Morgan fingerprint density at radius 2 is 2.25 bits per heavy atom. The van der Waals surface area contributed by atoms with E-state index < -0.39 is 4.92 Å². The minimum Gasteiger partial charge on any atom is -0.437 e. The van der Waals surface area contributed by atoms with Gasteiger partial charge in [-0.1, -0.05) is 11.6 Å². The van der Waals surface area contributed by atoms with Gasteiger partial charge in [0.15, 0.2) is 0 Å². The molecule has 0 fully saturated rings. The van der Waals surface area contributed by atoms with Crippen molar-refractivity contribution in [1.29, 1.82) is 0 Å². The Labute approximate surface area is 118 Å². The summed E-state index contributed by atoms with van der Waals surface area (Å²) in [7, 11) is 0. The molecular formula is C11H10ClN5O3. The molecule has 1 heterocycles. The van der Waals surface area contributed by atoms with E-state index in [4.69, 9.17) is 22.2 Å². The third kappa shape index (κ3) is 2.92. The number of nitrogens with zero attached hydrogens (tertiary/aromatic N) is 3. The Morgan fingerprint density at radius 3 is 2.90 bits per heavy atom. The molecule has 9 heteroatoms. The van der Waals surface area contributed by atoms with Crippen molar-refractivity contribution in [3.8, 4) is 11.6 Å². The van der Waals surface area contributed by atoms with Crippen LogP contribution in [0.5, 0.6) is 11.6 Å². The molecule has 0 atom stereocenters. The minimum absolute atomic E-state index is 0.0489. The highest BCUT2D eigenvalue weighted by Gasteiger charge is 2.14. The first-order chi connectivity index (χ1) is 9.51. The number of nitro groups is 1. The van der Waals surface area contributed by atoms with E-state index in [1.54, 1.807) is 19.1 Å². The lowest BCUT2D eigenvalue weighted by Crippen LogP contribution is -2.10. The van der Waals surface area contributed by atoms with E-state index in [0.29, 0.717) is 5.56 Å². The second-order valence-electron chi connectivity index (χ2n) is 3.80. The number of hydrogen-bond donors (Lipinski definition) is 2. The molecule has 3 N–H and O–H groups in total. The number of ether oxygens (including phenoxy) is 1. The Morgan fingerprint density at radius 1 is 1.50 bits per heavy atom. The van der Waals surface area contributed by atoms with Crippen LogP contribution < -0.4 is 16.0 Å². The lowest BCUT2D eigenvalue weighted by atomic mass is 10.2. The van der Waals surface area contributed by atoms with Gasteiger partial charge in [-0.3, -0.25) is 15.5 Å². The molecule has 0 amide bonds.